The summed E-state index contributed by atoms with van der Waals surface area (Å²) in [5.74, 6) is -4.29. The maximum atomic E-state index is 14.0. The molecule has 2 aliphatic heterocycles. The summed E-state index contributed by atoms with van der Waals surface area (Å²) >= 11 is 1.78. The second kappa shape index (κ2) is 20.9. The monoisotopic (exact) mass is 787 g/mol. The third-order valence-corrected chi connectivity index (χ3v) is 9.85. The van der Waals surface area contributed by atoms with Crippen molar-refractivity contribution in [1.82, 2.24) is 21.3 Å². The molecule has 0 saturated heterocycles. The number of carboxylic acid groups (broad SMARTS) is 1. The number of carbonyl (C=O) groups is 6. The van der Waals surface area contributed by atoms with Gasteiger partial charge in [-0.05, 0) is 58.3 Å². The van der Waals surface area contributed by atoms with Crippen molar-refractivity contribution < 1.29 is 33.9 Å². The van der Waals surface area contributed by atoms with Crippen LogP contribution in [0, 0.1) is 6.92 Å². The molecule has 294 valence electrons. The molecule has 7 rings (SSSR count). The molecule has 0 spiro atoms. The zero-order chi connectivity index (χ0) is 40.6. The van der Waals surface area contributed by atoms with Crippen LogP contribution in [-0.2, 0) is 48.0 Å². The number of aryl methyl sites for hydroxylation is 1. The largest absolute Gasteiger partial charge is 0.480 e. The van der Waals surface area contributed by atoms with Gasteiger partial charge in [-0.1, -0.05) is 103 Å². The number of aliphatic carboxylic acids is 1. The molecule has 3 heterocycles. The van der Waals surface area contributed by atoms with Crippen molar-refractivity contribution in [3.8, 4) is 11.1 Å². The van der Waals surface area contributed by atoms with E-state index in [-0.39, 0.29) is 32.1 Å². The van der Waals surface area contributed by atoms with Crippen LogP contribution in [0.1, 0.15) is 34.4 Å². The van der Waals surface area contributed by atoms with Gasteiger partial charge in [-0.15, -0.1) is 11.3 Å². The summed E-state index contributed by atoms with van der Waals surface area (Å²) in [7, 11) is 0. The number of thiophene rings is 1. The number of benzene rings is 4. The highest BCUT2D eigenvalue weighted by Gasteiger charge is 2.30. The lowest BCUT2D eigenvalue weighted by atomic mass is 9.99. The molecule has 2 aliphatic rings. The Morgan fingerprint density at radius 2 is 1.21 bits per heavy atom. The number of carbonyl (C=O) groups excluding carboxylic acids is 5. The first-order valence-corrected chi connectivity index (χ1v) is 19.4. The average Bonchev–Trinajstić information content (AvgIpc) is 3.70. The third-order valence-electron chi connectivity index (χ3n) is 9.05. The fourth-order valence-electron chi connectivity index (χ4n) is 6.00. The SMILES string of the molecule is Cc1cccs1.O=C1CCC(=O)Nc2ccc(cc2)C[C@@H](C(=O)O)NC(=O)[C@@H](Cc2ccccc2)NC(=O)[C@@H](Cc2ccc(-c3ccccc3)cc2)NC(=O)CN1. The molecule has 13 heteroatoms. The lowest BCUT2D eigenvalue weighted by molar-refractivity contribution is -0.142. The third kappa shape index (κ3) is 13.6. The summed E-state index contributed by atoms with van der Waals surface area (Å²) in [5, 5.41) is 25.3. The smallest absolute Gasteiger partial charge is 0.326 e. The molecule has 0 fully saturated rings. The minimum Gasteiger partial charge on any atom is -0.480 e. The van der Waals surface area contributed by atoms with Gasteiger partial charge in [0.05, 0.1) is 6.54 Å². The normalized spacial score (nSPS) is 18.3. The molecule has 4 aromatic carbocycles. The Hall–Kier alpha value is -6.60. The molecule has 0 radical (unpaired) electrons. The molecule has 3 atom stereocenters. The predicted molar refractivity (Wildman–Crippen MR) is 219 cm³/mol. The van der Waals surface area contributed by atoms with E-state index in [9.17, 15) is 33.9 Å². The lowest BCUT2D eigenvalue weighted by Gasteiger charge is -2.25. The van der Waals surface area contributed by atoms with Crippen LogP contribution in [-0.4, -0.2) is 65.3 Å². The van der Waals surface area contributed by atoms with Gasteiger partial charge >= 0.3 is 5.97 Å². The molecule has 5 aromatic rings. The molecule has 5 amide bonds. The van der Waals surface area contributed by atoms with E-state index in [0.29, 0.717) is 16.8 Å². The highest BCUT2D eigenvalue weighted by atomic mass is 32.1. The molecule has 0 saturated carbocycles. The number of hydrogen-bond donors (Lipinski definition) is 6. The Morgan fingerprint density at radius 3 is 1.81 bits per heavy atom. The number of nitrogens with one attached hydrogen (secondary N) is 5. The van der Waals surface area contributed by atoms with Crippen LogP contribution in [0.3, 0.4) is 0 Å². The predicted octanol–water partition coefficient (Wildman–Crippen LogP) is 4.83. The molecule has 2 bridgehead atoms. The Morgan fingerprint density at radius 1 is 0.632 bits per heavy atom. The lowest BCUT2D eigenvalue weighted by Crippen LogP contribution is -2.57. The van der Waals surface area contributed by atoms with Crippen molar-refractivity contribution in [3.63, 3.8) is 0 Å². The van der Waals surface area contributed by atoms with Crippen LogP contribution in [0.2, 0.25) is 0 Å². The van der Waals surface area contributed by atoms with Crippen LogP contribution >= 0.6 is 11.3 Å². The van der Waals surface area contributed by atoms with Gasteiger partial charge < -0.3 is 31.7 Å². The van der Waals surface area contributed by atoms with Crippen molar-refractivity contribution in [3.05, 3.63) is 148 Å². The second-order valence-electron chi connectivity index (χ2n) is 13.5. The van der Waals surface area contributed by atoms with Crippen LogP contribution in [0.15, 0.2) is 127 Å². The van der Waals surface area contributed by atoms with Gasteiger partial charge in [0.25, 0.3) is 0 Å². The summed E-state index contributed by atoms with van der Waals surface area (Å²) in [6.07, 6.45) is -0.298. The molecule has 0 unspecified atom stereocenters. The summed E-state index contributed by atoms with van der Waals surface area (Å²) in [6.45, 7) is 1.65. The van der Waals surface area contributed by atoms with Gasteiger partial charge in [0.1, 0.15) is 18.1 Å². The van der Waals surface area contributed by atoms with E-state index >= 15 is 0 Å². The van der Waals surface area contributed by atoms with Crippen LogP contribution in [0.5, 0.6) is 0 Å². The summed E-state index contributed by atoms with van der Waals surface area (Å²) in [5.41, 5.74) is 4.42. The van der Waals surface area contributed by atoms with E-state index in [1.54, 1.807) is 59.9 Å². The second-order valence-corrected chi connectivity index (χ2v) is 14.6. The first kappa shape index (κ1) is 41.6. The maximum absolute atomic E-state index is 14.0. The summed E-state index contributed by atoms with van der Waals surface area (Å²) in [6, 6.07) is 33.0. The van der Waals surface area contributed by atoms with Crippen molar-refractivity contribution in [1.29, 1.82) is 0 Å². The Kier molecular flexibility index (Phi) is 15.2. The number of fused-ring (bicyclic) bond motifs is 18. The molecule has 6 N–H and O–H groups in total. The first-order valence-electron chi connectivity index (χ1n) is 18.5. The first-order chi connectivity index (χ1) is 27.5. The highest BCUT2D eigenvalue weighted by Crippen LogP contribution is 2.20. The minimum atomic E-state index is -1.34. The Labute approximate surface area is 335 Å². The van der Waals surface area contributed by atoms with Crippen LogP contribution in [0.25, 0.3) is 11.1 Å². The topological polar surface area (TPSA) is 183 Å². The van der Waals surface area contributed by atoms with E-state index in [0.717, 1.165) is 16.7 Å². The molecule has 1 aromatic heterocycles. The van der Waals surface area contributed by atoms with Crippen molar-refractivity contribution in [2.45, 2.75) is 57.2 Å². The van der Waals surface area contributed by atoms with Crippen molar-refractivity contribution in [2.75, 3.05) is 11.9 Å². The van der Waals surface area contributed by atoms with Gasteiger partial charge in [-0.3, -0.25) is 24.0 Å². The van der Waals surface area contributed by atoms with E-state index in [2.05, 4.69) is 51.0 Å². The van der Waals surface area contributed by atoms with Crippen LogP contribution < -0.4 is 26.6 Å². The van der Waals surface area contributed by atoms with Crippen molar-refractivity contribution >= 4 is 52.5 Å². The van der Waals surface area contributed by atoms with E-state index in [1.165, 1.54) is 4.88 Å². The van der Waals surface area contributed by atoms with Crippen molar-refractivity contribution in [2.24, 2.45) is 0 Å². The fraction of sp³-hybridized carbons (Fsp3) is 0.227. The number of anilines is 1. The average molecular weight is 788 g/mol. The fourth-order valence-corrected chi connectivity index (χ4v) is 6.53. The quantitative estimate of drug-likeness (QED) is 0.133. The van der Waals surface area contributed by atoms with E-state index in [4.69, 9.17) is 0 Å². The Bertz CT molecular complexity index is 2110. The number of hydrogen-bond acceptors (Lipinski definition) is 7. The van der Waals surface area contributed by atoms with Gasteiger partial charge in [-0.2, -0.15) is 0 Å². The summed E-state index contributed by atoms with van der Waals surface area (Å²) in [4.78, 5) is 79.4. The molecular weight excluding hydrogens is 743 g/mol. The molecule has 57 heavy (non-hydrogen) atoms. The number of amides is 5. The molecule has 0 aliphatic carbocycles. The molecular formula is C44H45N5O7S. The standard InChI is InChI=1S/C39H39N5O7.C5H6S/c45-34-19-20-35(46)41-30-17-13-27(14-18-30)23-33(39(50)51)44-38(49)32(21-25-7-3-1-4-8-25)43-37(48)31(42-36(47)24-40-34)22-26-11-15-29(16-12-26)28-9-5-2-6-10-28;1-5-3-2-4-6-5/h1-18,31-33H,19-24H2,(H,40,45)(H,41,46)(H,42,47)(H,43,48)(H,44,49)(H,50,51);2-4H,1H3/t31-,32-,33+;/m1./s1. The zero-order valence-corrected chi connectivity index (χ0v) is 32.2. The maximum Gasteiger partial charge on any atom is 0.326 e. The Balaban J connectivity index is 0.000000944. The number of carboxylic acids is 1. The van der Waals surface area contributed by atoms with Crippen LogP contribution in [0.4, 0.5) is 5.69 Å². The minimum absolute atomic E-state index is 0.0433. The zero-order valence-electron chi connectivity index (χ0n) is 31.4. The van der Waals surface area contributed by atoms with Gasteiger partial charge in [0, 0.05) is 42.7 Å². The highest BCUT2D eigenvalue weighted by molar-refractivity contribution is 7.09. The molecule has 12 nitrogen and oxygen atoms in total. The van der Waals surface area contributed by atoms with E-state index < -0.39 is 60.2 Å². The summed E-state index contributed by atoms with van der Waals surface area (Å²) < 4.78 is 0. The number of rotatable bonds is 6. The van der Waals surface area contributed by atoms with E-state index in [1.807, 2.05) is 60.7 Å². The van der Waals surface area contributed by atoms with Gasteiger partial charge in [-0.25, -0.2) is 4.79 Å². The van der Waals surface area contributed by atoms with Gasteiger partial charge in [0.15, 0.2) is 0 Å². The van der Waals surface area contributed by atoms with Gasteiger partial charge in [0.2, 0.25) is 29.5 Å².